The molecule has 3 aromatic heterocycles. The van der Waals surface area contributed by atoms with E-state index in [4.69, 9.17) is 15.5 Å². The molecule has 0 saturated carbocycles. The van der Waals surface area contributed by atoms with Crippen molar-refractivity contribution >= 4 is 28.0 Å². The molecule has 1 saturated heterocycles. The standard InChI is InChI=1S/C25H28N8O2/c1-4-5-13-33-21-22(29-24(33)32-12-8-9-17(26)14-32)31(3)25(30-23(21)34)35-15-20-27-16(2)18-10-6-7-11-19(18)28-20/h6-7,10-11,17H,8-9,12-15,26H2,1-3H3/t17-/m1/s1. The van der Waals surface area contributed by atoms with Crippen LogP contribution in [0.5, 0.6) is 6.01 Å². The molecule has 1 atom stereocenters. The van der Waals surface area contributed by atoms with Gasteiger partial charge in [-0.15, -0.1) is 5.92 Å². The highest BCUT2D eigenvalue weighted by molar-refractivity contribution is 5.80. The summed E-state index contributed by atoms with van der Waals surface area (Å²) >= 11 is 0. The fourth-order valence-electron chi connectivity index (χ4n) is 4.54. The van der Waals surface area contributed by atoms with E-state index >= 15 is 0 Å². The van der Waals surface area contributed by atoms with Crippen molar-refractivity contribution in [2.24, 2.45) is 12.8 Å². The van der Waals surface area contributed by atoms with E-state index in [0.29, 0.717) is 36.0 Å². The van der Waals surface area contributed by atoms with Gasteiger partial charge in [-0.3, -0.25) is 13.9 Å². The van der Waals surface area contributed by atoms with E-state index in [0.717, 1.165) is 36.0 Å². The Kier molecular flexibility index (Phi) is 6.09. The van der Waals surface area contributed by atoms with Crippen LogP contribution in [0.25, 0.3) is 22.1 Å². The molecule has 1 aliphatic rings. The molecular weight excluding hydrogens is 444 g/mol. The Hall–Kier alpha value is -3.97. The van der Waals surface area contributed by atoms with E-state index in [9.17, 15) is 4.79 Å². The second-order valence-corrected chi connectivity index (χ2v) is 8.73. The van der Waals surface area contributed by atoms with Crippen molar-refractivity contribution in [1.29, 1.82) is 0 Å². The number of benzene rings is 1. The molecule has 35 heavy (non-hydrogen) atoms. The van der Waals surface area contributed by atoms with Crippen molar-refractivity contribution in [1.82, 2.24) is 29.1 Å². The van der Waals surface area contributed by atoms with Crippen LogP contribution in [0, 0.1) is 18.8 Å². The number of imidazole rings is 1. The van der Waals surface area contributed by atoms with Crippen LogP contribution >= 0.6 is 0 Å². The molecule has 5 rings (SSSR count). The van der Waals surface area contributed by atoms with Crippen LogP contribution in [-0.4, -0.2) is 48.2 Å². The highest BCUT2D eigenvalue weighted by atomic mass is 16.5. The number of para-hydroxylation sites is 1. The van der Waals surface area contributed by atoms with Gasteiger partial charge in [-0.25, -0.2) is 9.97 Å². The fourth-order valence-corrected chi connectivity index (χ4v) is 4.54. The average Bonchev–Trinajstić information content (AvgIpc) is 3.24. The van der Waals surface area contributed by atoms with Crippen molar-refractivity contribution in [2.75, 3.05) is 18.0 Å². The molecule has 0 aliphatic carbocycles. The number of aromatic nitrogens is 6. The number of ether oxygens (including phenoxy) is 1. The third-order valence-corrected chi connectivity index (χ3v) is 6.26. The summed E-state index contributed by atoms with van der Waals surface area (Å²) in [5, 5.41) is 0.994. The molecular formula is C25H28N8O2. The van der Waals surface area contributed by atoms with Crippen molar-refractivity contribution in [3.8, 4) is 17.9 Å². The second kappa shape index (κ2) is 9.35. The number of hydrogen-bond acceptors (Lipinski definition) is 8. The second-order valence-electron chi connectivity index (χ2n) is 8.73. The number of piperidine rings is 1. The van der Waals surface area contributed by atoms with Crippen LogP contribution in [0.3, 0.4) is 0 Å². The predicted molar refractivity (Wildman–Crippen MR) is 134 cm³/mol. The van der Waals surface area contributed by atoms with Crippen LogP contribution < -0.4 is 20.9 Å². The zero-order valence-corrected chi connectivity index (χ0v) is 20.2. The van der Waals surface area contributed by atoms with Gasteiger partial charge in [-0.1, -0.05) is 24.1 Å². The zero-order valence-electron chi connectivity index (χ0n) is 20.2. The quantitative estimate of drug-likeness (QED) is 0.438. The first kappa shape index (κ1) is 22.8. The summed E-state index contributed by atoms with van der Waals surface area (Å²) in [6, 6.07) is 8.04. The lowest BCUT2D eigenvalue weighted by Gasteiger charge is -2.31. The third-order valence-electron chi connectivity index (χ3n) is 6.26. The van der Waals surface area contributed by atoms with E-state index in [1.165, 1.54) is 0 Å². The predicted octanol–water partition coefficient (Wildman–Crippen LogP) is 1.91. The maximum absolute atomic E-state index is 13.1. The first-order valence-corrected chi connectivity index (χ1v) is 11.7. The largest absolute Gasteiger partial charge is 0.456 e. The molecule has 0 unspecified atom stereocenters. The number of aryl methyl sites for hydroxylation is 2. The summed E-state index contributed by atoms with van der Waals surface area (Å²) in [6.45, 7) is 5.63. The number of rotatable bonds is 5. The van der Waals surface area contributed by atoms with Gasteiger partial charge in [-0.05, 0) is 32.8 Å². The molecule has 10 nitrogen and oxygen atoms in total. The molecule has 10 heteroatoms. The van der Waals surface area contributed by atoms with Gasteiger partial charge in [0.1, 0.15) is 0 Å². The average molecular weight is 473 g/mol. The highest BCUT2D eigenvalue weighted by Gasteiger charge is 2.25. The number of anilines is 1. The topological polar surface area (TPSA) is 117 Å². The summed E-state index contributed by atoms with van der Waals surface area (Å²) in [6.07, 6.45) is 1.94. The molecule has 0 spiro atoms. The Morgan fingerprint density at radius 1 is 1.20 bits per heavy atom. The van der Waals surface area contributed by atoms with E-state index in [-0.39, 0.29) is 18.7 Å². The smallest absolute Gasteiger partial charge is 0.302 e. The zero-order chi connectivity index (χ0) is 24.5. The molecule has 2 N–H and O–H groups in total. The molecule has 1 aliphatic heterocycles. The fraction of sp³-hybridized carbons (Fsp3) is 0.400. The van der Waals surface area contributed by atoms with Gasteiger partial charge in [0, 0.05) is 37.3 Å². The van der Waals surface area contributed by atoms with Crippen LogP contribution in [0.1, 0.15) is 31.3 Å². The summed E-state index contributed by atoms with van der Waals surface area (Å²) in [5.41, 5.74) is 8.40. The Morgan fingerprint density at radius 2 is 2.03 bits per heavy atom. The van der Waals surface area contributed by atoms with Gasteiger partial charge < -0.3 is 15.4 Å². The maximum Gasteiger partial charge on any atom is 0.302 e. The van der Waals surface area contributed by atoms with Crippen LogP contribution in [-0.2, 0) is 20.2 Å². The van der Waals surface area contributed by atoms with Gasteiger partial charge >= 0.3 is 11.6 Å². The number of fused-ring (bicyclic) bond motifs is 2. The Morgan fingerprint density at radius 3 is 2.83 bits per heavy atom. The normalized spacial score (nSPS) is 15.9. The van der Waals surface area contributed by atoms with Crippen LogP contribution in [0.4, 0.5) is 5.95 Å². The van der Waals surface area contributed by atoms with Gasteiger partial charge in [0.25, 0.3) is 0 Å². The van der Waals surface area contributed by atoms with E-state index in [2.05, 4.69) is 31.7 Å². The maximum atomic E-state index is 13.1. The first-order valence-electron chi connectivity index (χ1n) is 11.7. The minimum atomic E-state index is -0.415. The summed E-state index contributed by atoms with van der Waals surface area (Å²) in [7, 11) is 1.78. The highest BCUT2D eigenvalue weighted by Crippen LogP contribution is 2.25. The number of hydrogen-bond donors (Lipinski definition) is 1. The SMILES string of the molecule is CC#CCn1c(N2CCC[C@@H](N)C2)nc2c1c(=O)nc(OCc1nc(C)c3ccccc3n1)n2C. The molecule has 4 heterocycles. The lowest BCUT2D eigenvalue weighted by Crippen LogP contribution is -2.44. The molecule has 0 radical (unpaired) electrons. The summed E-state index contributed by atoms with van der Waals surface area (Å²) in [4.78, 5) is 33.5. The monoisotopic (exact) mass is 472 g/mol. The lowest BCUT2D eigenvalue weighted by molar-refractivity contribution is 0.260. The van der Waals surface area contributed by atoms with E-state index in [1.807, 2.05) is 35.8 Å². The number of nitrogens with two attached hydrogens (primary N) is 1. The molecule has 180 valence electrons. The van der Waals surface area contributed by atoms with Crippen molar-refractivity contribution < 1.29 is 4.74 Å². The van der Waals surface area contributed by atoms with Gasteiger partial charge in [-0.2, -0.15) is 9.97 Å². The summed E-state index contributed by atoms with van der Waals surface area (Å²) < 4.78 is 9.45. The molecule has 1 fully saturated rings. The lowest BCUT2D eigenvalue weighted by atomic mass is 10.1. The molecule has 0 bridgehead atoms. The van der Waals surface area contributed by atoms with Crippen molar-refractivity contribution in [3.63, 3.8) is 0 Å². The Balaban J connectivity index is 1.52. The van der Waals surface area contributed by atoms with Crippen molar-refractivity contribution in [3.05, 3.63) is 46.1 Å². The molecule has 4 aromatic rings. The van der Waals surface area contributed by atoms with Crippen molar-refractivity contribution in [2.45, 2.75) is 45.9 Å². The Bertz CT molecular complexity index is 1530. The van der Waals surface area contributed by atoms with Crippen LogP contribution in [0.2, 0.25) is 0 Å². The summed E-state index contributed by atoms with van der Waals surface area (Å²) in [5.74, 6) is 7.15. The van der Waals surface area contributed by atoms with Gasteiger partial charge in [0.2, 0.25) is 5.95 Å². The Labute approximate surface area is 202 Å². The number of nitrogens with zero attached hydrogens (tertiary/aromatic N) is 7. The minimum absolute atomic E-state index is 0.0668. The van der Waals surface area contributed by atoms with Gasteiger partial charge in [0.15, 0.2) is 23.6 Å². The minimum Gasteiger partial charge on any atom is -0.456 e. The van der Waals surface area contributed by atoms with Gasteiger partial charge in [0.05, 0.1) is 12.1 Å². The molecule has 0 amide bonds. The first-order chi connectivity index (χ1) is 17.0. The molecule has 1 aromatic carbocycles. The third kappa shape index (κ3) is 4.31. The van der Waals surface area contributed by atoms with E-state index < -0.39 is 5.56 Å². The van der Waals surface area contributed by atoms with Crippen LogP contribution in [0.15, 0.2) is 29.1 Å². The van der Waals surface area contributed by atoms with E-state index in [1.54, 1.807) is 18.5 Å².